The van der Waals surface area contributed by atoms with Gasteiger partial charge in [-0.25, -0.2) is 4.98 Å². The van der Waals surface area contributed by atoms with E-state index in [0.717, 1.165) is 35.4 Å². The third kappa shape index (κ3) is 3.22. The number of benzene rings is 1. The maximum Gasteiger partial charge on any atom is 0.226 e. The smallest absolute Gasteiger partial charge is 0.226 e. The van der Waals surface area contributed by atoms with Crippen molar-refractivity contribution in [1.82, 2.24) is 25.1 Å². The normalized spacial score (nSPS) is 20.4. The summed E-state index contributed by atoms with van der Waals surface area (Å²) in [6.45, 7) is 3.09. The number of fused-ring (bicyclic) bond motifs is 1. The minimum atomic E-state index is -0.255. The Morgan fingerprint density at radius 1 is 1.42 bits per heavy atom. The lowest BCUT2D eigenvalue weighted by Gasteiger charge is -2.30. The summed E-state index contributed by atoms with van der Waals surface area (Å²) in [6.07, 6.45) is 3.17. The first-order chi connectivity index (χ1) is 12.6. The number of carbonyl (C=O) groups is 1. The SMILES string of the molecule is Cc1ccc2nc(CNC(=O)[C@@H]3CCCO[C@H]3c3ccnn3C)[nH]c2c1. The molecule has 0 unspecified atom stereocenters. The van der Waals surface area contributed by atoms with Crippen LogP contribution in [0.1, 0.15) is 36.0 Å². The molecule has 1 aliphatic rings. The molecule has 7 heteroatoms. The molecule has 4 rings (SSSR count). The molecule has 0 bridgehead atoms. The molecular formula is C19H23N5O2. The molecule has 3 aromatic rings. The van der Waals surface area contributed by atoms with Crippen molar-refractivity contribution < 1.29 is 9.53 Å². The van der Waals surface area contributed by atoms with E-state index in [1.54, 1.807) is 10.9 Å². The van der Waals surface area contributed by atoms with E-state index >= 15 is 0 Å². The van der Waals surface area contributed by atoms with Crippen LogP contribution in [0, 0.1) is 12.8 Å². The van der Waals surface area contributed by atoms with Gasteiger partial charge in [0.25, 0.3) is 0 Å². The van der Waals surface area contributed by atoms with Crippen molar-refractivity contribution in [1.29, 1.82) is 0 Å². The van der Waals surface area contributed by atoms with Gasteiger partial charge in [-0.05, 0) is 43.5 Å². The zero-order chi connectivity index (χ0) is 18.1. The summed E-state index contributed by atoms with van der Waals surface area (Å²) in [7, 11) is 1.87. The number of aromatic nitrogens is 4. The van der Waals surface area contributed by atoms with Crippen LogP contribution in [0.5, 0.6) is 0 Å². The Morgan fingerprint density at radius 3 is 3.12 bits per heavy atom. The molecule has 0 spiro atoms. The number of rotatable bonds is 4. The maximum absolute atomic E-state index is 12.8. The summed E-state index contributed by atoms with van der Waals surface area (Å²) in [5, 5.41) is 7.21. The second kappa shape index (κ2) is 6.92. The average molecular weight is 353 g/mol. The fraction of sp³-hybridized carbons (Fsp3) is 0.421. The third-order valence-corrected chi connectivity index (χ3v) is 4.93. The molecule has 7 nitrogen and oxygen atoms in total. The number of H-pyrrole nitrogens is 1. The first kappa shape index (κ1) is 16.8. The fourth-order valence-corrected chi connectivity index (χ4v) is 3.57. The Labute approximate surface area is 151 Å². The number of nitrogens with zero attached hydrogens (tertiary/aromatic N) is 3. The first-order valence-corrected chi connectivity index (χ1v) is 8.94. The number of hydrogen-bond donors (Lipinski definition) is 2. The summed E-state index contributed by atoms with van der Waals surface area (Å²) in [6, 6.07) is 7.99. The molecule has 26 heavy (non-hydrogen) atoms. The molecular weight excluding hydrogens is 330 g/mol. The highest BCUT2D eigenvalue weighted by Gasteiger charge is 2.34. The zero-order valence-corrected chi connectivity index (χ0v) is 15.0. The van der Waals surface area contributed by atoms with Gasteiger partial charge in [0.1, 0.15) is 11.9 Å². The van der Waals surface area contributed by atoms with E-state index in [2.05, 4.69) is 26.4 Å². The van der Waals surface area contributed by atoms with E-state index in [0.29, 0.717) is 13.2 Å². The van der Waals surface area contributed by atoms with Crippen molar-refractivity contribution in [2.24, 2.45) is 13.0 Å². The standard InChI is InChI=1S/C19H23N5O2/c1-12-5-6-14-15(10-12)23-17(22-14)11-20-19(25)13-4-3-9-26-18(13)16-7-8-21-24(16)2/h5-8,10,13,18H,3-4,9,11H2,1-2H3,(H,20,25)(H,22,23)/t13-,18-/m1/s1. The molecule has 2 atom stereocenters. The Bertz CT molecular complexity index is 929. The van der Waals surface area contributed by atoms with Crippen LogP contribution >= 0.6 is 0 Å². The quantitative estimate of drug-likeness (QED) is 0.754. The van der Waals surface area contributed by atoms with Gasteiger partial charge in [-0.15, -0.1) is 0 Å². The average Bonchev–Trinajstić information content (AvgIpc) is 3.25. The molecule has 136 valence electrons. The van der Waals surface area contributed by atoms with E-state index in [-0.39, 0.29) is 17.9 Å². The molecule has 1 saturated heterocycles. The van der Waals surface area contributed by atoms with Crippen molar-refractivity contribution in [3.63, 3.8) is 0 Å². The van der Waals surface area contributed by atoms with Gasteiger partial charge >= 0.3 is 0 Å². The topological polar surface area (TPSA) is 84.8 Å². The number of aryl methyl sites for hydroxylation is 2. The monoisotopic (exact) mass is 353 g/mol. The van der Waals surface area contributed by atoms with Crippen molar-refractivity contribution in [3.8, 4) is 0 Å². The molecule has 2 N–H and O–H groups in total. The number of aromatic amines is 1. The lowest BCUT2D eigenvalue weighted by atomic mass is 9.91. The number of ether oxygens (including phenoxy) is 1. The Morgan fingerprint density at radius 2 is 2.31 bits per heavy atom. The number of hydrogen-bond acceptors (Lipinski definition) is 4. The number of imidazole rings is 1. The van der Waals surface area contributed by atoms with E-state index < -0.39 is 0 Å². The highest BCUT2D eigenvalue weighted by Crippen LogP contribution is 2.33. The lowest BCUT2D eigenvalue weighted by Crippen LogP contribution is -2.38. The predicted molar refractivity (Wildman–Crippen MR) is 97.3 cm³/mol. The number of carbonyl (C=O) groups excluding carboxylic acids is 1. The molecule has 1 aromatic carbocycles. The van der Waals surface area contributed by atoms with Gasteiger partial charge in [0.15, 0.2) is 0 Å². The minimum Gasteiger partial charge on any atom is -0.371 e. The molecule has 0 aliphatic carbocycles. The summed E-state index contributed by atoms with van der Waals surface area (Å²) < 4.78 is 7.68. The fourth-order valence-electron chi connectivity index (χ4n) is 3.57. The van der Waals surface area contributed by atoms with E-state index in [1.165, 1.54) is 5.56 Å². The number of amides is 1. The van der Waals surface area contributed by atoms with Crippen molar-refractivity contribution in [2.75, 3.05) is 6.61 Å². The second-order valence-corrected chi connectivity index (χ2v) is 6.84. The summed E-state index contributed by atoms with van der Waals surface area (Å²) in [5.41, 5.74) is 4.01. The predicted octanol–water partition coefficient (Wildman–Crippen LogP) is 2.39. The molecule has 2 aromatic heterocycles. The van der Waals surface area contributed by atoms with Gasteiger partial charge in [0.2, 0.25) is 5.91 Å². The van der Waals surface area contributed by atoms with Gasteiger partial charge in [-0.3, -0.25) is 9.48 Å². The van der Waals surface area contributed by atoms with Crippen molar-refractivity contribution >= 4 is 16.9 Å². The number of nitrogens with one attached hydrogen (secondary N) is 2. The zero-order valence-electron chi connectivity index (χ0n) is 15.0. The van der Waals surface area contributed by atoms with Crippen LogP contribution in [0.3, 0.4) is 0 Å². The van der Waals surface area contributed by atoms with Crippen molar-refractivity contribution in [3.05, 3.63) is 47.5 Å². The molecule has 1 amide bonds. The van der Waals surface area contributed by atoms with Crippen LogP contribution in [-0.2, 0) is 23.1 Å². The highest BCUT2D eigenvalue weighted by atomic mass is 16.5. The Kier molecular flexibility index (Phi) is 4.46. The highest BCUT2D eigenvalue weighted by molar-refractivity contribution is 5.80. The molecule has 0 saturated carbocycles. The van der Waals surface area contributed by atoms with Crippen LogP contribution in [0.25, 0.3) is 11.0 Å². The first-order valence-electron chi connectivity index (χ1n) is 8.94. The van der Waals surface area contributed by atoms with Gasteiger partial charge in [-0.1, -0.05) is 6.07 Å². The van der Waals surface area contributed by atoms with Gasteiger partial charge in [0, 0.05) is 19.9 Å². The summed E-state index contributed by atoms with van der Waals surface area (Å²) in [4.78, 5) is 20.6. The largest absolute Gasteiger partial charge is 0.371 e. The molecule has 3 heterocycles. The van der Waals surface area contributed by atoms with Crippen molar-refractivity contribution in [2.45, 2.75) is 32.4 Å². The van der Waals surface area contributed by atoms with Gasteiger partial charge < -0.3 is 15.0 Å². The van der Waals surface area contributed by atoms with Gasteiger partial charge in [0.05, 0.1) is 29.2 Å². The van der Waals surface area contributed by atoms with E-state index in [4.69, 9.17) is 4.74 Å². The lowest BCUT2D eigenvalue weighted by molar-refractivity contribution is -0.135. The maximum atomic E-state index is 12.8. The van der Waals surface area contributed by atoms with E-state index in [9.17, 15) is 4.79 Å². The Balaban J connectivity index is 1.46. The van der Waals surface area contributed by atoms with E-state index in [1.807, 2.05) is 32.2 Å². The van der Waals surface area contributed by atoms with Crippen LogP contribution in [0.2, 0.25) is 0 Å². The minimum absolute atomic E-state index is 0.00691. The molecule has 1 aliphatic heterocycles. The van der Waals surface area contributed by atoms with Crippen LogP contribution in [-0.4, -0.2) is 32.3 Å². The summed E-state index contributed by atoms with van der Waals surface area (Å²) >= 11 is 0. The van der Waals surface area contributed by atoms with Crippen LogP contribution in [0.4, 0.5) is 0 Å². The van der Waals surface area contributed by atoms with Crippen LogP contribution < -0.4 is 5.32 Å². The summed E-state index contributed by atoms with van der Waals surface area (Å²) in [5.74, 6) is 0.533. The van der Waals surface area contributed by atoms with Crippen LogP contribution in [0.15, 0.2) is 30.5 Å². The molecule has 1 fully saturated rings. The molecule has 0 radical (unpaired) electrons. The third-order valence-electron chi connectivity index (χ3n) is 4.93. The second-order valence-electron chi connectivity index (χ2n) is 6.84. The Hall–Kier alpha value is -2.67. The van der Waals surface area contributed by atoms with Gasteiger partial charge in [-0.2, -0.15) is 5.10 Å².